The third kappa shape index (κ3) is 6.63. The highest BCUT2D eigenvalue weighted by molar-refractivity contribution is 6.00. The van der Waals surface area contributed by atoms with Crippen LogP contribution in [0.1, 0.15) is 29.2 Å². The van der Waals surface area contributed by atoms with E-state index >= 15 is 0 Å². The van der Waals surface area contributed by atoms with E-state index in [9.17, 15) is 0 Å². The van der Waals surface area contributed by atoms with Crippen LogP contribution in [0.5, 0.6) is 0 Å². The summed E-state index contributed by atoms with van der Waals surface area (Å²) >= 11 is 0. The Morgan fingerprint density at radius 2 is 1.41 bits per heavy atom. The van der Waals surface area contributed by atoms with Gasteiger partial charge in [-0.15, -0.1) is 0 Å². The molecule has 4 rings (SSSR count). The lowest BCUT2D eigenvalue weighted by Gasteiger charge is -2.34. The average Bonchev–Trinajstić information content (AvgIpc) is 3.46. The number of likely N-dealkylation sites (N-methyl/N-ethyl adjacent to an activating group) is 1. The fourth-order valence-corrected chi connectivity index (χ4v) is 4.34. The quantitative estimate of drug-likeness (QED) is 0.357. The number of rotatable bonds is 8. The van der Waals surface area contributed by atoms with Gasteiger partial charge in [-0.3, -0.25) is 10.6 Å². The molecule has 0 saturated carbocycles. The molecule has 2 aromatic rings. The lowest BCUT2D eigenvalue weighted by atomic mass is 10.1. The molecule has 2 atom stereocenters. The van der Waals surface area contributed by atoms with Gasteiger partial charge in [0.2, 0.25) is 17.9 Å². The first-order valence-corrected chi connectivity index (χ1v) is 12.7. The van der Waals surface area contributed by atoms with Crippen molar-refractivity contribution < 1.29 is 0 Å². The second kappa shape index (κ2) is 11.4. The third-order valence-electron chi connectivity index (χ3n) is 6.60. The number of nitrogens with two attached hydrogens (primary N) is 1. The number of guanidine groups is 4. The Morgan fingerprint density at radius 3 is 2.00 bits per heavy atom. The highest BCUT2D eigenvalue weighted by atomic mass is 15.4. The smallest absolute Gasteiger partial charge is 0.203 e. The number of nitrogens with one attached hydrogen (secondary N) is 4. The molecular weight excluding hydrogens is 468 g/mol. The fourth-order valence-electron chi connectivity index (χ4n) is 4.34. The van der Waals surface area contributed by atoms with Crippen molar-refractivity contribution >= 4 is 23.8 Å². The van der Waals surface area contributed by atoms with E-state index in [0.717, 1.165) is 43.8 Å². The molecule has 0 fully saturated rings. The number of H-pyrrole nitrogens is 2. The molecule has 2 aliphatic heterocycles. The molecule has 6 N–H and O–H groups in total. The highest BCUT2D eigenvalue weighted by Crippen LogP contribution is 2.13. The van der Waals surface area contributed by atoms with Gasteiger partial charge in [-0.25, -0.2) is 20.0 Å². The minimum atomic E-state index is -0.374. The van der Waals surface area contributed by atoms with Gasteiger partial charge in [0, 0.05) is 59.0 Å². The molecule has 2 unspecified atom stereocenters. The Bertz CT molecular complexity index is 1180. The molecule has 2 aromatic heterocycles. The molecule has 12 heteroatoms. The Labute approximate surface area is 218 Å². The number of aromatic amines is 2. The van der Waals surface area contributed by atoms with Crippen LogP contribution in [0.2, 0.25) is 0 Å². The number of aliphatic imine (C=N–C) groups is 4. The average molecular weight is 509 g/mol. The monoisotopic (exact) mass is 508 g/mol. The van der Waals surface area contributed by atoms with Gasteiger partial charge in [-0.05, 0) is 55.9 Å². The van der Waals surface area contributed by atoms with E-state index in [1.54, 1.807) is 0 Å². The van der Waals surface area contributed by atoms with Gasteiger partial charge >= 0.3 is 0 Å². The molecule has 2 aliphatic rings. The van der Waals surface area contributed by atoms with Crippen molar-refractivity contribution in [3.8, 4) is 0 Å². The highest BCUT2D eigenvalue weighted by Gasteiger charge is 2.25. The van der Waals surface area contributed by atoms with Crippen LogP contribution >= 0.6 is 0 Å². The zero-order valence-electron chi connectivity index (χ0n) is 22.7. The Hall–Kier alpha value is -3.96. The van der Waals surface area contributed by atoms with Crippen LogP contribution in [0, 0.1) is 13.8 Å². The molecule has 37 heavy (non-hydrogen) atoms. The Balaban J connectivity index is 1.50. The molecule has 0 aromatic carbocycles. The minimum Gasteiger partial charge on any atom is -0.370 e. The summed E-state index contributed by atoms with van der Waals surface area (Å²) in [5, 5.41) is 6.53. The summed E-state index contributed by atoms with van der Waals surface area (Å²) in [5.74, 6) is 2.62. The molecule has 0 radical (unpaired) electrons. The van der Waals surface area contributed by atoms with Crippen molar-refractivity contribution in [2.24, 2.45) is 25.7 Å². The van der Waals surface area contributed by atoms with Crippen LogP contribution in [-0.2, 0) is 12.8 Å². The van der Waals surface area contributed by atoms with Gasteiger partial charge < -0.3 is 30.4 Å². The number of aryl methyl sites for hydroxylation is 2. The third-order valence-corrected chi connectivity index (χ3v) is 6.60. The number of hydrogen-bond acceptors (Lipinski definition) is 10. The second-order valence-corrected chi connectivity index (χ2v) is 9.82. The van der Waals surface area contributed by atoms with Crippen LogP contribution in [-0.4, -0.2) is 102 Å². The van der Waals surface area contributed by atoms with Crippen LogP contribution < -0.4 is 16.4 Å². The number of nitrogens with zero attached hydrogens (tertiary/aromatic N) is 7. The molecule has 0 aliphatic carbocycles. The molecule has 0 saturated heterocycles. The first-order chi connectivity index (χ1) is 17.7. The van der Waals surface area contributed by atoms with Crippen molar-refractivity contribution in [2.75, 3.05) is 40.8 Å². The molecule has 0 bridgehead atoms. The van der Waals surface area contributed by atoms with Crippen LogP contribution in [0.3, 0.4) is 0 Å². The number of hydrogen-bond donors (Lipinski definition) is 5. The first-order valence-electron chi connectivity index (χ1n) is 12.7. The van der Waals surface area contributed by atoms with Crippen LogP contribution in [0.15, 0.2) is 44.8 Å². The first kappa shape index (κ1) is 26.1. The van der Waals surface area contributed by atoms with Gasteiger partial charge in [0.05, 0.1) is 6.54 Å². The zero-order valence-corrected chi connectivity index (χ0v) is 22.7. The van der Waals surface area contributed by atoms with Gasteiger partial charge in [0.15, 0.2) is 12.1 Å². The maximum atomic E-state index is 6.21. The van der Waals surface area contributed by atoms with E-state index < -0.39 is 0 Å². The summed E-state index contributed by atoms with van der Waals surface area (Å²) in [4.78, 5) is 31.5. The lowest BCUT2D eigenvalue weighted by Crippen LogP contribution is -2.54. The van der Waals surface area contributed by atoms with E-state index in [0.29, 0.717) is 12.5 Å². The molecule has 12 nitrogen and oxygen atoms in total. The van der Waals surface area contributed by atoms with E-state index in [4.69, 9.17) is 15.7 Å². The summed E-state index contributed by atoms with van der Waals surface area (Å²) in [5.41, 5.74) is 11.3. The standard InChI is InChI=1S/C25H40N12/c1-16-11-27-13-19(16)7-9-36(6)24-32-21(31-22(26)33-24)15-37(10-8-20-14-28-12-17(20)2)25-30-18(3)29-23(34-25)35(4)5/h11-14,18,21,27-28H,7-10,15H2,1-6H3,(H,29,30,34)(H3,26,31,32,33). The molecule has 4 heterocycles. The van der Waals surface area contributed by atoms with Crippen molar-refractivity contribution in [3.63, 3.8) is 0 Å². The molecule has 200 valence electrons. The van der Waals surface area contributed by atoms with Crippen molar-refractivity contribution in [1.29, 1.82) is 0 Å². The summed E-state index contributed by atoms with van der Waals surface area (Å²) in [6.45, 7) is 8.28. The van der Waals surface area contributed by atoms with Gasteiger partial charge in [-0.1, -0.05) is 0 Å². The van der Waals surface area contributed by atoms with Crippen molar-refractivity contribution in [1.82, 2.24) is 35.3 Å². The summed E-state index contributed by atoms with van der Waals surface area (Å²) in [7, 11) is 5.95. The van der Waals surface area contributed by atoms with Gasteiger partial charge in [-0.2, -0.15) is 0 Å². The Morgan fingerprint density at radius 1 is 0.784 bits per heavy atom. The number of aromatic nitrogens is 2. The Kier molecular flexibility index (Phi) is 8.04. The predicted octanol–water partition coefficient (Wildman–Crippen LogP) is 0.801. The fraction of sp³-hybridized carbons (Fsp3) is 0.520. The second-order valence-electron chi connectivity index (χ2n) is 9.82. The molecular formula is C25H40N12. The van der Waals surface area contributed by atoms with Gasteiger partial charge in [0.1, 0.15) is 6.17 Å². The van der Waals surface area contributed by atoms with Crippen molar-refractivity contribution in [2.45, 2.75) is 45.9 Å². The molecule has 0 spiro atoms. The largest absolute Gasteiger partial charge is 0.370 e. The summed E-state index contributed by atoms with van der Waals surface area (Å²) in [6.07, 6.45) is 9.34. The SMILES string of the molecule is Cc1c[nH]cc1CCN(C)C1=NC(CN(CCc2c[nH]cc2C)C2=NC(C)N=C(N(C)C)N2)N=C(N)N1. The van der Waals surface area contributed by atoms with E-state index in [-0.39, 0.29) is 12.3 Å². The van der Waals surface area contributed by atoms with E-state index in [1.807, 2.05) is 51.6 Å². The van der Waals surface area contributed by atoms with Gasteiger partial charge in [0.25, 0.3) is 0 Å². The predicted molar refractivity (Wildman–Crippen MR) is 150 cm³/mol. The van der Waals surface area contributed by atoms with Crippen molar-refractivity contribution in [3.05, 3.63) is 47.0 Å². The maximum Gasteiger partial charge on any atom is 0.203 e. The van der Waals surface area contributed by atoms with Crippen LogP contribution in [0.25, 0.3) is 0 Å². The summed E-state index contributed by atoms with van der Waals surface area (Å²) < 4.78 is 0. The summed E-state index contributed by atoms with van der Waals surface area (Å²) in [6, 6.07) is 0. The maximum absolute atomic E-state index is 6.21. The topological polar surface area (TPSA) is 141 Å². The van der Waals surface area contributed by atoms with Crippen LogP contribution in [0.4, 0.5) is 0 Å². The minimum absolute atomic E-state index is 0.186. The van der Waals surface area contributed by atoms with E-state index in [2.05, 4.69) is 60.4 Å². The lowest BCUT2D eigenvalue weighted by molar-refractivity contribution is 0.371. The normalized spacial score (nSPS) is 19.2. The molecule has 0 amide bonds. The van der Waals surface area contributed by atoms with E-state index in [1.165, 1.54) is 22.3 Å². The zero-order chi connectivity index (χ0) is 26.5.